The summed E-state index contributed by atoms with van der Waals surface area (Å²) in [6, 6.07) is 6.71. The largest absolute Gasteiger partial charge is 0.493 e. The van der Waals surface area contributed by atoms with Gasteiger partial charge in [0.15, 0.2) is 0 Å². The van der Waals surface area contributed by atoms with Gasteiger partial charge in [-0.05, 0) is 30.2 Å². The van der Waals surface area contributed by atoms with Gasteiger partial charge in [-0.15, -0.1) is 0 Å². The Morgan fingerprint density at radius 3 is 3.05 bits per heavy atom. The molecule has 2 aliphatic rings. The minimum absolute atomic E-state index is 0.232. The molecule has 1 aliphatic heterocycles. The normalized spacial score (nSPS) is 27.7. The number of fused-ring (bicyclic) bond motifs is 1. The molecule has 0 bridgehead atoms. The molecule has 1 fully saturated rings. The highest BCUT2D eigenvalue weighted by atomic mass is 16.5. The quantitative estimate of drug-likeness (QED) is 0.649. The van der Waals surface area contributed by atoms with Crippen molar-refractivity contribution in [3.63, 3.8) is 0 Å². The summed E-state index contributed by atoms with van der Waals surface area (Å²) in [6.45, 7) is 3.16. The summed E-state index contributed by atoms with van der Waals surface area (Å²) in [4.78, 5) is 0. The first-order valence-corrected chi connectivity index (χ1v) is 7.50. The van der Waals surface area contributed by atoms with E-state index in [9.17, 15) is 0 Å². The summed E-state index contributed by atoms with van der Waals surface area (Å²) in [5.41, 5.74) is 5.65. The number of hydrogen-bond donors (Lipinski definition) is 2. The van der Waals surface area contributed by atoms with E-state index in [0.29, 0.717) is 5.92 Å². The average Bonchev–Trinajstić information content (AvgIpc) is 2.89. The van der Waals surface area contributed by atoms with E-state index in [1.165, 1.54) is 36.8 Å². The molecule has 1 aromatic carbocycles. The van der Waals surface area contributed by atoms with Crippen molar-refractivity contribution in [2.75, 3.05) is 6.61 Å². The monoisotopic (exact) mass is 260 g/mol. The van der Waals surface area contributed by atoms with Gasteiger partial charge in [0.2, 0.25) is 0 Å². The van der Waals surface area contributed by atoms with Crippen LogP contribution < -0.4 is 16.0 Å². The maximum atomic E-state index is 5.87. The van der Waals surface area contributed by atoms with Crippen LogP contribution in [0.15, 0.2) is 18.2 Å². The van der Waals surface area contributed by atoms with E-state index in [1.54, 1.807) is 0 Å². The lowest BCUT2D eigenvalue weighted by Crippen LogP contribution is -2.35. The van der Waals surface area contributed by atoms with Crippen LogP contribution in [0.25, 0.3) is 0 Å². The van der Waals surface area contributed by atoms with Gasteiger partial charge < -0.3 is 4.74 Å². The van der Waals surface area contributed by atoms with Crippen LogP contribution in [-0.4, -0.2) is 6.61 Å². The summed E-state index contributed by atoms with van der Waals surface area (Å²) >= 11 is 0. The summed E-state index contributed by atoms with van der Waals surface area (Å²) in [6.07, 6.45) is 6.24. The Morgan fingerprint density at radius 1 is 1.37 bits per heavy atom. The molecule has 1 aromatic rings. The molecular weight excluding hydrogens is 236 g/mol. The summed E-state index contributed by atoms with van der Waals surface area (Å²) < 4.78 is 5.83. The second-order valence-electron chi connectivity index (χ2n) is 6.11. The van der Waals surface area contributed by atoms with Crippen molar-refractivity contribution >= 4 is 0 Å². The van der Waals surface area contributed by atoms with Crippen LogP contribution in [0.4, 0.5) is 0 Å². The Morgan fingerprint density at radius 2 is 2.26 bits per heavy atom. The second-order valence-corrected chi connectivity index (χ2v) is 6.11. The van der Waals surface area contributed by atoms with Gasteiger partial charge in [0, 0.05) is 12.0 Å². The molecule has 0 amide bonds. The van der Waals surface area contributed by atoms with E-state index >= 15 is 0 Å². The first kappa shape index (κ1) is 12.9. The van der Waals surface area contributed by atoms with E-state index in [0.717, 1.165) is 24.7 Å². The molecule has 0 radical (unpaired) electrons. The van der Waals surface area contributed by atoms with Crippen molar-refractivity contribution in [1.82, 2.24) is 5.43 Å². The molecule has 0 saturated heterocycles. The van der Waals surface area contributed by atoms with E-state index in [1.807, 2.05) is 0 Å². The maximum Gasteiger partial charge on any atom is 0.127 e. The molecule has 104 valence electrons. The third-order valence-electron chi connectivity index (χ3n) is 4.71. The first-order chi connectivity index (χ1) is 9.29. The van der Waals surface area contributed by atoms with Crippen molar-refractivity contribution in [1.29, 1.82) is 0 Å². The highest BCUT2D eigenvalue weighted by Crippen LogP contribution is 2.41. The Labute approximate surface area is 115 Å². The van der Waals surface area contributed by atoms with Crippen LogP contribution in [0.3, 0.4) is 0 Å². The Bertz CT molecular complexity index is 446. The Kier molecular flexibility index (Phi) is 3.76. The summed E-state index contributed by atoms with van der Waals surface area (Å²) in [7, 11) is 0. The molecule has 3 rings (SSSR count). The minimum Gasteiger partial charge on any atom is -0.493 e. The molecule has 3 nitrogen and oxygen atoms in total. The van der Waals surface area contributed by atoms with Crippen LogP contribution in [-0.2, 0) is 6.42 Å². The number of ether oxygens (including phenoxy) is 1. The number of hydrazine groups is 1. The molecule has 19 heavy (non-hydrogen) atoms. The zero-order chi connectivity index (χ0) is 13.2. The van der Waals surface area contributed by atoms with Gasteiger partial charge in [-0.3, -0.25) is 11.3 Å². The van der Waals surface area contributed by atoms with Crippen LogP contribution in [0.5, 0.6) is 5.75 Å². The predicted molar refractivity (Wildman–Crippen MR) is 76.8 cm³/mol. The van der Waals surface area contributed by atoms with Crippen molar-refractivity contribution < 1.29 is 4.74 Å². The molecule has 3 unspecified atom stereocenters. The Balaban J connectivity index is 1.88. The van der Waals surface area contributed by atoms with E-state index in [2.05, 4.69) is 30.5 Å². The molecule has 0 spiro atoms. The number of hydrogen-bond acceptors (Lipinski definition) is 3. The van der Waals surface area contributed by atoms with Crippen LogP contribution >= 0.6 is 0 Å². The highest BCUT2D eigenvalue weighted by molar-refractivity contribution is 5.45. The van der Waals surface area contributed by atoms with Gasteiger partial charge in [0.05, 0.1) is 12.6 Å². The van der Waals surface area contributed by atoms with Crippen molar-refractivity contribution in [2.45, 2.75) is 45.1 Å². The predicted octanol–water partition coefficient (Wildman–Crippen LogP) is 2.95. The lowest BCUT2D eigenvalue weighted by molar-refractivity contribution is 0.220. The first-order valence-electron chi connectivity index (χ1n) is 7.50. The van der Waals surface area contributed by atoms with Crippen molar-refractivity contribution in [2.24, 2.45) is 17.7 Å². The molecule has 3 N–H and O–H groups in total. The van der Waals surface area contributed by atoms with Gasteiger partial charge >= 0.3 is 0 Å². The van der Waals surface area contributed by atoms with Gasteiger partial charge in [-0.2, -0.15) is 0 Å². The van der Waals surface area contributed by atoms with Gasteiger partial charge in [-0.25, -0.2) is 0 Å². The van der Waals surface area contributed by atoms with E-state index in [4.69, 9.17) is 10.6 Å². The fourth-order valence-corrected chi connectivity index (χ4v) is 3.75. The van der Waals surface area contributed by atoms with Crippen molar-refractivity contribution in [3.8, 4) is 5.75 Å². The molecule has 1 aliphatic carbocycles. The van der Waals surface area contributed by atoms with Crippen LogP contribution in [0.2, 0.25) is 0 Å². The molecule has 3 atom stereocenters. The third-order valence-corrected chi connectivity index (χ3v) is 4.71. The zero-order valence-electron chi connectivity index (χ0n) is 11.7. The Hall–Kier alpha value is -1.06. The lowest BCUT2D eigenvalue weighted by atomic mass is 9.76. The minimum atomic E-state index is 0.232. The topological polar surface area (TPSA) is 47.3 Å². The van der Waals surface area contributed by atoms with Gasteiger partial charge in [0.25, 0.3) is 0 Å². The third kappa shape index (κ3) is 2.49. The van der Waals surface area contributed by atoms with Crippen LogP contribution in [0, 0.1) is 11.8 Å². The molecule has 0 aromatic heterocycles. The van der Waals surface area contributed by atoms with E-state index < -0.39 is 0 Å². The second kappa shape index (κ2) is 5.51. The molecule has 3 heteroatoms. The number of para-hydroxylation sites is 1. The number of nitrogens with two attached hydrogens (primary N) is 1. The fourth-order valence-electron chi connectivity index (χ4n) is 3.75. The van der Waals surface area contributed by atoms with Crippen molar-refractivity contribution in [3.05, 3.63) is 29.3 Å². The molecule has 1 saturated carbocycles. The van der Waals surface area contributed by atoms with Gasteiger partial charge in [0.1, 0.15) is 5.75 Å². The van der Waals surface area contributed by atoms with E-state index in [-0.39, 0.29) is 6.04 Å². The number of rotatable bonds is 3. The molecule has 1 heterocycles. The number of nitrogens with one attached hydrogen (secondary N) is 1. The molecular formula is C16H24N2O. The standard InChI is InChI=1S/C16H24N2O/c1-11-4-2-6-13(10-11)15(18-17)14-7-3-5-12-8-9-19-16(12)14/h3,5,7,11,13,15,18H,2,4,6,8-10,17H2,1H3. The van der Waals surface area contributed by atoms with Gasteiger partial charge in [-0.1, -0.05) is 38.0 Å². The highest BCUT2D eigenvalue weighted by Gasteiger charge is 2.30. The SMILES string of the molecule is CC1CCCC(C(NN)c2cccc3c2OCC3)C1. The lowest BCUT2D eigenvalue weighted by Gasteiger charge is -2.33. The maximum absolute atomic E-state index is 5.87. The average molecular weight is 260 g/mol. The number of benzene rings is 1. The summed E-state index contributed by atoms with van der Waals surface area (Å²) in [5, 5.41) is 0. The summed E-state index contributed by atoms with van der Waals surface area (Å²) in [5.74, 6) is 8.40. The fraction of sp³-hybridized carbons (Fsp3) is 0.625. The zero-order valence-corrected chi connectivity index (χ0v) is 11.7. The van der Waals surface area contributed by atoms with Crippen LogP contribution in [0.1, 0.15) is 49.8 Å². The smallest absolute Gasteiger partial charge is 0.127 e.